The second-order valence-electron chi connectivity index (χ2n) is 8.38. The fourth-order valence-electron chi connectivity index (χ4n) is 4.07. The van der Waals surface area contributed by atoms with E-state index in [4.69, 9.17) is 9.47 Å². The van der Waals surface area contributed by atoms with Crippen molar-refractivity contribution < 1.29 is 19.1 Å². The molecule has 0 unspecified atom stereocenters. The van der Waals surface area contributed by atoms with E-state index in [0.29, 0.717) is 15.9 Å². The summed E-state index contributed by atoms with van der Waals surface area (Å²) >= 11 is 3.91. The van der Waals surface area contributed by atoms with Crippen LogP contribution in [0, 0.1) is 20.8 Å². The molecule has 0 saturated carbocycles. The van der Waals surface area contributed by atoms with Crippen molar-refractivity contribution in [2.24, 2.45) is 5.10 Å². The standard InChI is InChI=1S/C27H29N3O4S2/c1-17-13-21(26(32)33-4)7-10-24(17)30-18(2)14-22(19(30)3)15-28-29-25(31)16-34-23-8-5-20(6-9-23)27-35-11-12-36-27/h5-10,13-15,27H,11-12,16H2,1-4H3,(H,29,31)/b28-15-. The van der Waals surface area contributed by atoms with Crippen LogP contribution in [-0.2, 0) is 9.53 Å². The summed E-state index contributed by atoms with van der Waals surface area (Å²) in [7, 11) is 1.37. The Morgan fingerprint density at radius 1 is 1.08 bits per heavy atom. The Hall–Kier alpha value is -3.17. The first-order valence-electron chi connectivity index (χ1n) is 11.5. The van der Waals surface area contributed by atoms with Crippen molar-refractivity contribution >= 4 is 41.6 Å². The fraction of sp³-hybridized carbons (Fsp3) is 0.296. The number of nitrogens with one attached hydrogen (secondary N) is 1. The van der Waals surface area contributed by atoms with Crippen molar-refractivity contribution in [3.8, 4) is 11.4 Å². The first kappa shape index (κ1) is 25.9. The van der Waals surface area contributed by atoms with Crippen molar-refractivity contribution in [1.29, 1.82) is 0 Å². The lowest BCUT2D eigenvalue weighted by Gasteiger charge is -2.13. The quantitative estimate of drug-likeness (QED) is 0.248. The third-order valence-corrected chi connectivity index (χ3v) is 8.97. The number of benzene rings is 2. The minimum absolute atomic E-state index is 0.117. The monoisotopic (exact) mass is 523 g/mol. The van der Waals surface area contributed by atoms with E-state index < -0.39 is 0 Å². The lowest BCUT2D eigenvalue weighted by Crippen LogP contribution is -2.24. The number of methoxy groups -OCH3 is 1. The summed E-state index contributed by atoms with van der Waals surface area (Å²) < 4.78 is 13.0. The molecule has 1 fully saturated rings. The third kappa shape index (κ3) is 5.96. The first-order valence-corrected chi connectivity index (χ1v) is 13.6. The Balaban J connectivity index is 1.35. The van der Waals surface area contributed by atoms with Crippen molar-refractivity contribution in [2.45, 2.75) is 25.4 Å². The molecule has 188 valence electrons. The minimum Gasteiger partial charge on any atom is -0.484 e. The second-order valence-corrected chi connectivity index (χ2v) is 11.1. The molecule has 4 rings (SSSR count). The topological polar surface area (TPSA) is 81.9 Å². The first-order chi connectivity index (χ1) is 17.4. The van der Waals surface area contributed by atoms with Crippen LogP contribution in [0.5, 0.6) is 5.75 Å². The molecule has 3 aromatic rings. The Morgan fingerprint density at radius 2 is 1.81 bits per heavy atom. The number of carbonyl (C=O) groups is 2. The van der Waals surface area contributed by atoms with E-state index in [2.05, 4.69) is 27.2 Å². The van der Waals surface area contributed by atoms with Gasteiger partial charge in [0, 0.05) is 34.1 Å². The Labute approximate surface area is 219 Å². The van der Waals surface area contributed by atoms with Crippen LogP contribution in [0.25, 0.3) is 5.69 Å². The van der Waals surface area contributed by atoms with Crippen LogP contribution in [0.3, 0.4) is 0 Å². The van der Waals surface area contributed by atoms with E-state index in [9.17, 15) is 9.59 Å². The van der Waals surface area contributed by atoms with Crippen LogP contribution in [0.2, 0.25) is 0 Å². The SMILES string of the molecule is COC(=O)c1ccc(-n2c(C)cc(/C=N\NC(=O)COc3ccc(C4SCCS4)cc3)c2C)c(C)c1. The summed E-state index contributed by atoms with van der Waals surface area (Å²) in [4.78, 5) is 24.0. The normalized spacial score (nSPS) is 13.8. The zero-order valence-electron chi connectivity index (χ0n) is 20.7. The maximum atomic E-state index is 12.2. The summed E-state index contributed by atoms with van der Waals surface area (Å²) in [6, 6.07) is 15.4. The van der Waals surface area contributed by atoms with Gasteiger partial charge in [0.05, 0.1) is 23.5 Å². The highest BCUT2D eigenvalue weighted by molar-refractivity contribution is 8.19. The smallest absolute Gasteiger partial charge is 0.337 e. The van der Waals surface area contributed by atoms with Crippen LogP contribution in [0.15, 0.2) is 53.6 Å². The molecule has 0 aliphatic carbocycles. The number of thioether (sulfide) groups is 2. The van der Waals surface area contributed by atoms with E-state index in [0.717, 1.165) is 28.2 Å². The van der Waals surface area contributed by atoms with Crippen molar-refractivity contribution in [1.82, 2.24) is 9.99 Å². The molecular formula is C27H29N3O4S2. The van der Waals surface area contributed by atoms with Gasteiger partial charge in [-0.2, -0.15) is 5.10 Å². The highest BCUT2D eigenvalue weighted by Gasteiger charge is 2.18. The summed E-state index contributed by atoms with van der Waals surface area (Å²) in [5, 5.41) is 4.12. The molecule has 7 nitrogen and oxygen atoms in total. The molecule has 2 aromatic carbocycles. The van der Waals surface area contributed by atoms with Crippen LogP contribution in [0.4, 0.5) is 0 Å². The predicted molar refractivity (Wildman–Crippen MR) is 147 cm³/mol. The number of aromatic nitrogens is 1. The average Bonchev–Trinajstić information content (AvgIpc) is 3.51. The number of nitrogens with zero attached hydrogens (tertiary/aromatic N) is 2. The molecule has 0 spiro atoms. The van der Waals surface area contributed by atoms with E-state index in [-0.39, 0.29) is 18.5 Å². The number of esters is 1. The summed E-state index contributed by atoms with van der Waals surface area (Å²) in [5.41, 5.74) is 9.08. The minimum atomic E-state index is -0.363. The van der Waals surface area contributed by atoms with Crippen LogP contribution < -0.4 is 10.2 Å². The molecule has 0 atom stereocenters. The van der Waals surface area contributed by atoms with Gasteiger partial charge in [-0.15, -0.1) is 23.5 Å². The number of hydrogen-bond donors (Lipinski definition) is 1. The highest BCUT2D eigenvalue weighted by atomic mass is 32.2. The van der Waals surface area contributed by atoms with Gasteiger partial charge in [0.25, 0.3) is 5.91 Å². The molecule has 0 bridgehead atoms. The lowest BCUT2D eigenvalue weighted by molar-refractivity contribution is -0.123. The van der Waals surface area contributed by atoms with Gasteiger partial charge in [-0.05, 0) is 68.3 Å². The molecule has 1 aliphatic heterocycles. The largest absolute Gasteiger partial charge is 0.484 e. The number of aryl methyl sites for hydroxylation is 2. The number of hydrogen-bond acceptors (Lipinski definition) is 7. The van der Waals surface area contributed by atoms with Gasteiger partial charge in [0.1, 0.15) is 5.75 Å². The molecule has 1 aromatic heterocycles. The molecule has 1 saturated heterocycles. The maximum absolute atomic E-state index is 12.2. The van der Waals surface area contributed by atoms with E-state index in [1.165, 1.54) is 24.2 Å². The molecule has 0 radical (unpaired) electrons. The van der Waals surface area contributed by atoms with E-state index in [1.54, 1.807) is 12.3 Å². The zero-order valence-corrected chi connectivity index (χ0v) is 22.4. The lowest BCUT2D eigenvalue weighted by atomic mass is 10.1. The Kier molecular flexibility index (Phi) is 8.43. The van der Waals surface area contributed by atoms with E-state index >= 15 is 0 Å². The molecule has 2 heterocycles. The fourth-order valence-corrected chi connectivity index (χ4v) is 6.93. The van der Waals surface area contributed by atoms with E-state index in [1.807, 2.05) is 74.6 Å². The molecule has 9 heteroatoms. The second kappa shape index (κ2) is 11.7. The van der Waals surface area contributed by atoms with Crippen LogP contribution in [0.1, 0.15) is 43.0 Å². The Bertz CT molecular complexity index is 1280. The molecule has 1 amide bonds. The summed E-state index contributed by atoms with van der Waals surface area (Å²) in [6.45, 7) is 5.82. The van der Waals surface area contributed by atoms with Gasteiger partial charge in [-0.25, -0.2) is 10.2 Å². The van der Waals surface area contributed by atoms with Gasteiger partial charge < -0.3 is 14.0 Å². The number of rotatable bonds is 8. The van der Waals surface area contributed by atoms with Crippen LogP contribution in [-0.4, -0.2) is 47.9 Å². The maximum Gasteiger partial charge on any atom is 0.337 e. The number of amides is 1. The summed E-state index contributed by atoms with van der Waals surface area (Å²) in [6.07, 6.45) is 1.63. The number of hydrazone groups is 1. The van der Waals surface area contributed by atoms with Crippen molar-refractivity contribution in [3.63, 3.8) is 0 Å². The highest BCUT2D eigenvalue weighted by Crippen LogP contribution is 2.45. The third-order valence-electron chi connectivity index (χ3n) is 5.87. The Morgan fingerprint density at radius 3 is 2.47 bits per heavy atom. The zero-order chi connectivity index (χ0) is 25.7. The van der Waals surface area contributed by atoms with Crippen molar-refractivity contribution in [2.75, 3.05) is 25.2 Å². The van der Waals surface area contributed by atoms with Crippen molar-refractivity contribution in [3.05, 3.63) is 82.2 Å². The number of carbonyl (C=O) groups excluding carboxylic acids is 2. The average molecular weight is 524 g/mol. The molecule has 1 N–H and O–H groups in total. The van der Waals surface area contributed by atoms with Gasteiger partial charge in [0.2, 0.25) is 0 Å². The molecule has 1 aliphatic rings. The predicted octanol–water partition coefficient (Wildman–Crippen LogP) is 5.20. The summed E-state index contributed by atoms with van der Waals surface area (Å²) in [5.74, 6) is 2.32. The van der Waals surface area contributed by atoms with Crippen LogP contribution >= 0.6 is 23.5 Å². The van der Waals surface area contributed by atoms with Gasteiger partial charge in [0.15, 0.2) is 6.61 Å². The number of ether oxygens (including phenoxy) is 2. The van der Waals surface area contributed by atoms with Gasteiger partial charge in [-0.3, -0.25) is 4.79 Å². The van der Waals surface area contributed by atoms with Gasteiger partial charge in [-0.1, -0.05) is 12.1 Å². The van der Waals surface area contributed by atoms with Gasteiger partial charge >= 0.3 is 5.97 Å². The molecule has 36 heavy (non-hydrogen) atoms. The molecular weight excluding hydrogens is 494 g/mol.